The van der Waals surface area contributed by atoms with Crippen LogP contribution >= 0.6 is 0 Å². The topological polar surface area (TPSA) is 102 Å². The van der Waals surface area contributed by atoms with Crippen molar-refractivity contribution in [3.63, 3.8) is 0 Å². The van der Waals surface area contributed by atoms with E-state index in [0.29, 0.717) is 18.5 Å². The molecule has 7 heteroatoms. The Hall–Kier alpha value is -2.88. The zero-order chi connectivity index (χ0) is 18.4. The Balaban J connectivity index is 1.97. The quantitative estimate of drug-likeness (QED) is 0.741. The third-order valence-corrected chi connectivity index (χ3v) is 4.20. The summed E-state index contributed by atoms with van der Waals surface area (Å²) >= 11 is 0. The highest BCUT2D eigenvalue weighted by molar-refractivity contribution is 6.09. The van der Waals surface area contributed by atoms with Crippen molar-refractivity contribution in [3.05, 3.63) is 29.8 Å². The second-order valence-corrected chi connectivity index (χ2v) is 6.34. The van der Waals surface area contributed by atoms with E-state index in [1.165, 1.54) is 0 Å². The lowest BCUT2D eigenvalue weighted by atomic mass is 9.95. The van der Waals surface area contributed by atoms with Crippen molar-refractivity contribution in [1.82, 2.24) is 10.2 Å². The number of carbonyl (C=O) groups excluding carboxylic acids is 3. The summed E-state index contributed by atoms with van der Waals surface area (Å²) < 4.78 is 0. The number of hydrogen-bond donors (Lipinski definition) is 2. The van der Waals surface area contributed by atoms with Gasteiger partial charge in [-0.2, -0.15) is 5.26 Å². The maximum Gasteiger partial charge on any atom is 0.325 e. The van der Waals surface area contributed by atoms with Crippen LogP contribution in [-0.2, 0) is 16.0 Å². The van der Waals surface area contributed by atoms with Crippen LogP contribution in [0, 0.1) is 11.3 Å². The molecule has 0 aliphatic carbocycles. The monoisotopic (exact) mass is 342 g/mol. The number of anilines is 1. The van der Waals surface area contributed by atoms with Crippen molar-refractivity contribution >= 4 is 23.5 Å². The molecule has 1 aliphatic rings. The van der Waals surface area contributed by atoms with E-state index in [1.54, 1.807) is 31.2 Å². The molecule has 0 bridgehead atoms. The van der Waals surface area contributed by atoms with E-state index in [4.69, 9.17) is 5.26 Å². The van der Waals surface area contributed by atoms with Gasteiger partial charge in [-0.25, -0.2) is 4.79 Å². The zero-order valence-electron chi connectivity index (χ0n) is 14.5. The molecule has 25 heavy (non-hydrogen) atoms. The molecule has 0 unspecified atom stereocenters. The highest BCUT2D eigenvalue weighted by Crippen LogP contribution is 2.23. The lowest BCUT2D eigenvalue weighted by Gasteiger charge is -2.21. The summed E-state index contributed by atoms with van der Waals surface area (Å²) in [6.07, 6.45) is 2.58. The maximum absolute atomic E-state index is 12.5. The van der Waals surface area contributed by atoms with Gasteiger partial charge in [-0.3, -0.25) is 14.5 Å². The number of imide groups is 1. The molecular weight excluding hydrogens is 320 g/mol. The molecule has 1 fully saturated rings. The first-order valence-corrected chi connectivity index (χ1v) is 8.29. The van der Waals surface area contributed by atoms with Crippen LogP contribution in [0.2, 0.25) is 0 Å². The number of carbonyl (C=O) groups is 3. The molecular formula is C18H22N4O3. The average Bonchev–Trinajstić information content (AvgIpc) is 2.79. The van der Waals surface area contributed by atoms with Crippen molar-refractivity contribution < 1.29 is 14.4 Å². The molecule has 1 aromatic rings. The van der Waals surface area contributed by atoms with Gasteiger partial charge in [0.25, 0.3) is 5.91 Å². The molecule has 132 valence electrons. The molecule has 1 aliphatic heterocycles. The van der Waals surface area contributed by atoms with Crippen LogP contribution in [0.4, 0.5) is 10.5 Å². The molecule has 1 saturated heterocycles. The third kappa shape index (κ3) is 4.35. The first-order chi connectivity index (χ1) is 11.9. The van der Waals surface area contributed by atoms with Crippen molar-refractivity contribution in [3.8, 4) is 6.07 Å². The van der Waals surface area contributed by atoms with E-state index in [9.17, 15) is 14.4 Å². The largest absolute Gasteiger partial charge is 0.325 e. The standard InChI is InChI=1S/C18H22N4O3/c1-3-4-10-18(2)16(24)22(17(25)21-18)12-15(23)20-14-7-5-13(6-8-14)9-11-19/h5-8H,3-4,9-10,12H2,1-2H3,(H,20,23)(H,21,25)/t18-/m0/s1. The highest BCUT2D eigenvalue weighted by Gasteiger charge is 2.47. The second kappa shape index (κ2) is 7.79. The fraction of sp³-hybridized carbons (Fsp3) is 0.444. The molecule has 0 aromatic heterocycles. The third-order valence-electron chi connectivity index (χ3n) is 4.20. The number of benzene rings is 1. The molecule has 0 spiro atoms. The zero-order valence-corrected chi connectivity index (χ0v) is 14.5. The Morgan fingerprint density at radius 2 is 2.00 bits per heavy atom. The summed E-state index contributed by atoms with van der Waals surface area (Å²) in [6, 6.07) is 8.36. The first-order valence-electron chi connectivity index (χ1n) is 8.29. The number of unbranched alkanes of at least 4 members (excludes halogenated alkanes) is 1. The van der Waals surface area contributed by atoms with Crippen LogP contribution < -0.4 is 10.6 Å². The molecule has 1 heterocycles. The fourth-order valence-corrected chi connectivity index (χ4v) is 2.73. The molecule has 2 rings (SSSR count). The predicted octanol–water partition coefficient (Wildman–Crippen LogP) is 2.19. The van der Waals surface area contributed by atoms with Gasteiger partial charge in [-0.1, -0.05) is 31.9 Å². The molecule has 1 aromatic carbocycles. The Labute approximate surface area is 147 Å². The van der Waals surface area contributed by atoms with E-state index >= 15 is 0 Å². The molecule has 7 nitrogen and oxygen atoms in total. The first kappa shape index (κ1) is 18.5. The van der Waals surface area contributed by atoms with Gasteiger partial charge in [-0.05, 0) is 31.0 Å². The summed E-state index contributed by atoms with van der Waals surface area (Å²) in [7, 11) is 0. The van der Waals surface area contributed by atoms with E-state index in [1.807, 2.05) is 13.0 Å². The van der Waals surface area contributed by atoms with Gasteiger partial charge in [-0.15, -0.1) is 0 Å². The van der Waals surface area contributed by atoms with Crippen molar-refractivity contribution in [1.29, 1.82) is 5.26 Å². The second-order valence-electron chi connectivity index (χ2n) is 6.34. The van der Waals surface area contributed by atoms with Crippen LogP contribution in [0.5, 0.6) is 0 Å². The lowest BCUT2D eigenvalue weighted by molar-refractivity contribution is -0.133. The van der Waals surface area contributed by atoms with Crippen molar-refractivity contribution in [2.24, 2.45) is 0 Å². The van der Waals surface area contributed by atoms with Crippen molar-refractivity contribution in [2.45, 2.75) is 45.1 Å². The van der Waals surface area contributed by atoms with E-state index in [-0.39, 0.29) is 12.5 Å². The summed E-state index contributed by atoms with van der Waals surface area (Å²) in [6.45, 7) is 3.37. The number of rotatable bonds is 7. The van der Waals surface area contributed by atoms with Gasteiger partial charge in [0.2, 0.25) is 5.91 Å². The van der Waals surface area contributed by atoms with Gasteiger partial charge >= 0.3 is 6.03 Å². The Kier molecular flexibility index (Phi) is 5.75. The molecule has 2 N–H and O–H groups in total. The predicted molar refractivity (Wildman–Crippen MR) is 92.6 cm³/mol. The van der Waals surface area contributed by atoms with Crippen molar-refractivity contribution in [2.75, 3.05) is 11.9 Å². The average molecular weight is 342 g/mol. The minimum Gasteiger partial charge on any atom is -0.325 e. The highest BCUT2D eigenvalue weighted by atomic mass is 16.2. The SMILES string of the molecule is CCCC[C@]1(C)NC(=O)N(CC(=O)Nc2ccc(CC#N)cc2)C1=O. The normalized spacial score (nSPS) is 19.5. The summed E-state index contributed by atoms with van der Waals surface area (Å²) in [5, 5.41) is 14.0. The van der Waals surface area contributed by atoms with E-state index in [0.717, 1.165) is 23.3 Å². The summed E-state index contributed by atoms with van der Waals surface area (Å²) in [4.78, 5) is 37.6. The van der Waals surface area contributed by atoms with Gasteiger partial charge in [0.1, 0.15) is 12.1 Å². The van der Waals surface area contributed by atoms with Gasteiger partial charge in [0.05, 0.1) is 12.5 Å². The molecule has 0 saturated carbocycles. The van der Waals surface area contributed by atoms with Crippen LogP contribution in [0.15, 0.2) is 24.3 Å². The van der Waals surface area contributed by atoms with Crippen LogP contribution in [0.25, 0.3) is 0 Å². The van der Waals surface area contributed by atoms with Gasteiger partial charge in [0.15, 0.2) is 0 Å². The summed E-state index contributed by atoms with van der Waals surface area (Å²) in [5.41, 5.74) is 0.459. The number of nitriles is 1. The van der Waals surface area contributed by atoms with Crippen LogP contribution in [-0.4, -0.2) is 34.8 Å². The van der Waals surface area contributed by atoms with Gasteiger partial charge < -0.3 is 10.6 Å². The Bertz CT molecular complexity index is 708. The number of amides is 4. The number of nitrogens with one attached hydrogen (secondary N) is 2. The Morgan fingerprint density at radius 3 is 2.60 bits per heavy atom. The minimum absolute atomic E-state index is 0.299. The Morgan fingerprint density at radius 1 is 1.32 bits per heavy atom. The van der Waals surface area contributed by atoms with E-state index < -0.39 is 17.5 Å². The molecule has 0 radical (unpaired) electrons. The van der Waals surface area contributed by atoms with E-state index in [2.05, 4.69) is 10.6 Å². The molecule has 1 atom stereocenters. The van der Waals surface area contributed by atoms with Crippen LogP contribution in [0.1, 0.15) is 38.7 Å². The maximum atomic E-state index is 12.5. The number of urea groups is 1. The van der Waals surface area contributed by atoms with Gasteiger partial charge in [0, 0.05) is 5.69 Å². The summed E-state index contributed by atoms with van der Waals surface area (Å²) in [5.74, 6) is -0.818. The minimum atomic E-state index is -0.938. The number of nitrogens with zero attached hydrogens (tertiary/aromatic N) is 2. The smallest absolute Gasteiger partial charge is 0.325 e. The molecule has 4 amide bonds. The lowest BCUT2D eigenvalue weighted by Crippen LogP contribution is -2.44. The number of hydrogen-bond acceptors (Lipinski definition) is 4. The van der Waals surface area contributed by atoms with Crippen LogP contribution in [0.3, 0.4) is 0 Å². The fourth-order valence-electron chi connectivity index (χ4n) is 2.73.